The number of nitrogens with zero attached hydrogens (tertiary/aromatic N) is 2. The second-order valence-corrected chi connectivity index (χ2v) is 5.53. The molecule has 0 fully saturated rings. The van der Waals surface area contributed by atoms with Crippen LogP contribution in [0.5, 0.6) is 0 Å². The van der Waals surface area contributed by atoms with Gasteiger partial charge in [-0.3, -0.25) is 4.57 Å². The van der Waals surface area contributed by atoms with Gasteiger partial charge in [0.1, 0.15) is 0 Å². The van der Waals surface area contributed by atoms with Gasteiger partial charge in [0.2, 0.25) is 0 Å². The van der Waals surface area contributed by atoms with Gasteiger partial charge in [0, 0.05) is 19.8 Å². The van der Waals surface area contributed by atoms with E-state index in [2.05, 4.69) is 59.7 Å². The van der Waals surface area contributed by atoms with Crippen LogP contribution in [0.1, 0.15) is 5.56 Å². The Balaban J connectivity index is 2.29. The van der Waals surface area contributed by atoms with E-state index in [1.807, 2.05) is 18.2 Å². The number of aromatic nitrogens is 2. The molecule has 102 valence electrons. The summed E-state index contributed by atoms with van der Waals surface area (Å²) in [4.78, 5) is 5.38. The zero-order chi connectivity index (χ0) is 14.3. The minimum absolute atomic E-state index is 0.722. The van der Waals surface area contributed by atoms with Gasteiger partial charge >= 0.3 is 0 Å². The monoisotopic (exact) mass is 283 g/mol. The third-order valence-electron chi connectivity index (χ3n) is 3.52. The van der Waals surface area contributed by atoms with Crippen molar-refractivity contribution in [3.8, 4) is 5.69 Å². The van der Waals surface area contributed by atoms with Gasteiger partial charge in [-0.05, 0) is 49.0 Å². The Kier molecular flexibility index (Phi) is 3.10. The molecule has 20 heavy (non-hydrogen) atoms. The summed E-state index contributed by atoms with van der Waals surface area (Å²) < 4.78 is 2.80. The number of hydrogen-bond donors (Lipinski definition) is 1. The van der Waals surface area contributed by atoms with Crippen LogP contribution in [-0.4, -0.2) is 23.6 Å². The molecule has 2 aromatic carbocycles. The van der Waals surface area contributed by atoms with E-state index in [0.717, 1.165) is 21.5 Å². The van der Waals surface area contributed by atoms with Crippen molar-refractivity contribution in [1.82, 2.24) is 9.55 Å². The number of rotatable bonds is 2. The molecule has 1 aromatic heterocycles. The molecule has 0 aliphatic carbocycles. The molecular formula is C16H17N3S. The fourth-order valence-electron chi connectivity index (χ4n) is 2.53. The minimum atomic E-state index is 0.722. The van der Waals surface area contributed by atoms with Crippen LogP contribution in [0.4, 0.5) is 5.69 Å². The molecule has 3 rings (SSSR count). The number of anilines is 1. The predicted octanol–water partition coefficient (Wildman–Crippen LogP) is 4.06. The van der Waals surface area contributed by atoms with E-state index < -0.39 is 0 Å². The molecule has 0 aliphatic rings. The molecule has 0 spiro atoms. The van der Waals surface area contributed by atoms with Crippen LogP contribution in [0, 0.1) is 11.7 Å². The number of nitrogens with one attached hydrogen (secondary N) is 1. The van der Waals surface area contributed by atoms with E-state index >= 15 is 0 Å². The van der Waals surface area contributed by atoms with Gasteiger partial charge in [-0.1, -0.05) is 18.2 Å². The van der Waals surface area contributed by atoms with Crippen LogP contribution >= 0.6 is 12.2 Å². The van der Waals surface area contributed by atoms with Gasteiger partial charge in [-0.15, -0.1) is 0 Å². The van der Waals surface area contributed by atoms with Crippen molar-refractivity contribution in [2.45, 2.75) is 6.92 Å². The Morgan fingerprint density at radius 2 is 1.85 bits per heavy atom. The number of aromatic amines is 1. The van der Waals surface area contributed by atoms with Crippen molar-refractivity contribution in [3.05, 3.63) is 52.8 Å². The summed E-state index contributed by atoms with van der Waals surface area (Å²) >= 11 is 5.47. The van der Waals surface area contributed by atoms with Crippen molar-refractivity contribution in [2.24, 2.45) is 0 Å². The smallest absolute Gasteiger partial charge is 0.182 e. The van der Waals surface area contributed by atoms with Gasteiger partial charge in [0.25, 0.3) is 0 Å². The predicted molar refractivity (Wildman–Crippen MR) is 87.5 cm³/mol. The summed E-state index contributed by atoms with van der Waals surface area (Å²) in [5.74, 6) is 0. The number of imidazole rings is 1. The van der Waals surface area contributed by atoms with Crippen molar-refractivity contribution in [2.75, 3.05) is 19.0 Å². The quantitative estimate of drug-likeness (QED) is 0.717. The summed E-state index contributed by atoms with van der Waals surface area (Å²) in [6.45, 7) is 2.12. The molecule has 3 nitrogen and oxygen atoms in total. The maximum absolute atomic E-state index is 5.47. The van der Waals surface area contributed by atoms with Crippen LogP contribution in [0.3, 0.4) is 0 Å². The maximum Gasteiger partial charge on any atom is 0.182 e. The average molecular weight is 283 g/mol. The molecule has 0 unspecified atom stereocenters. The minimum Gasteiger partial charge on any atom is -0.377 e. The van der Waals surface area contributed by atoms with Gasteiger partial charge in [-0.25, -0.2) is 0 Å². The zero-order valence-electron chi connectivity index (χ0n) is 11.8. The molecule has 1 N–H and O–H groups in total. The lowest BCUT2D eigenvalue weighted by atomic mass is 10.1. The van der Waals surface area contributed by atoms with E-state index in [4.69, 9.17) is 12.2 Å². The Morgan fingerprint density at radius 3 is 2.60 bits per heavy atom. The lowest BCUT2D eigenvalue weighted by Gasteiger charge is -2.17. The first-order valence-corrected chi connectivity index (χ1v) is 6.97. The summed E-state index contributed by atoms with van der Waals surface area (Å²) in [6, 6.07) is 14.6. The zero-order valence-corrected chi connectivity index (χ0v) is 12.7. The normalized spacial score (nSPS) is 10.9. The lowest BCUT2D eigenvalue weighted by molar-refractivity contribution is 1.05. The first kappa shape index (κ1) is 12.9. The van der Waals surface area contributed by atoms with Crippen molar-refractivity contribution in [1.29, 1.82) is 0 Å². The second-order valence-electron chi connectivity index (χ2n) is 5.15. The van der Waals surface area contributed by atoms with Gasteiger partial charge in [0.05, 0.1) is 16.7 Å². The lowest BCUT2D eigenvalue weighted by Crippen LogP contribution is -2.11. The number of para-hydroxylation sites is 2. The van der Waals surface area contributed by atoms with Crippen LogP contribution in [-0.2, 0) is 0 Å². The molecule has 0 bridgehead atoms. The Labute approximate surface area is 123 Å². The number of hydrogen-bond acceptors (Lipinski definition) is 2. The third kappa shape index (κ3) is 2.02. The average Bonchev–Trinajstić information content (AvgIpc) is 2.75. The summed E-state index contributed by atoms with van der Waals surface area (Å²) in [5.41, 5.74) is 5.71. The van der Waals surface area contributed by atoms with Crippen LogP contribution < -0.4 is 4.90 Å². The molecule has 0 amide bonds. The number of benzene rings is 2. The Morgan fingerprint density at radius 1 is 1.10 bits per heavy atom. The van der Waals surface area contributed by atoms with Crippen LogP contribution in [0.15, 0.2) is 42.5 Å². The number of fused-ring (bicyclic) bond motifs is 1. The van der Waals surface area contributed by atoms with Crippen molar-refractivity contribution in [3.63, 3.8) is 0 Å². The highest BCUT2D eigenvalue weighted by molar-refractivity contribution is 7.71. The first-order chi connectivity index (χ1) is 9.58. The maximum atomic E-state index is 5.47. The van der Waals surface area contributed by atoms with E-state index in [1.54, 1.807) is 0 Å². The highest BCUT2D eigenvalue weighted by atomic mass is 32.1. The fraction of sp³-hybridized carbons (Fsp3) is 0.188. The molecule has 0 radical (unpaired) electrons. The number of aryl methyl sites for hydroxylation is 1. The largest absolute Gasteiger partial charge is 0.377 e. The molecule has 0 saturated heterocycles. The van der Waals surface area contributed by atoms with E-state index in [9.17, 15) is 0 Å². The van der Waals surface area contributed by atoms with E-state index in [0.29, 0.717) is 0 Å². The van der Waals surface area contributed by atoms with Gasteiger partial charge in [-0.2, -0.15) is 0 Å². The molecule has 3 aromatic rings. The number of H-pyrrole nitrogens is 1. The highest BCUT2D eigenvalue weighted by Crippen LogP contribution is 2.25. The molecule has 0 aliphatic heterocycles. The molecular weight excluding hydrogens is 266 g/mol. The standard InChI is InChI=1S/C16H17N3S/c1-11-8-9-12(10-15(11)18(2)3)19-14-7-5-4-6-13(14)17-16(19)20/h4-10H,1-3H3,(H,17,20). The highest BCUT2D eigenvalue weighted by Gasteiger charge is 2.08. The van der Waals surface area contributed by atoms with Gasteiger partial charge in [0.15, 0.2) is 4.77 Å². The first-order valence-electron chi connectivity index (χ1n) is 6.56. The molecule has 0 saturated carbocycles. The van der Waals surface area contributed by atoms with E-state index in [1.165, 1.54) is 11.3 Å². The fourth-order valence-corrected chi connectivity index (χ4v) is 2.84. The summed E-state index contributed by atoms with van der Waals surface area (Å²) in [6.07, 6.45) is 0. The third-order valence-corrected chi connectivity index (χ3v) is 3.81. The Hall–Kier alpha value is -2.07. The van der Waals surface area contributed by atoms with E-state index in [-0.39, 0.29) is 0 Å². The van der Waals surface area contributed by atoms with Crippen LogP contribution in [0.2, 0.25) is 0 Å². The molecule has 4 heteroatoms. The summed E-state index contributed by atoms with van der Waals surface area (Å²) in [7, 11) is 4.11. The van der Waals surface area contributed by atoms with Crippen molar-refractivity contribution >= 4 is 28.9 Å². The molecule has 0 atom stereocenters. The van der Waals surface area contributed by atoms with Crippen LogP contribution in [0.25, 0.3) is 16.7 Å². The SMILES string of the molecule is Cc1ccc(-n2c(=S)[nH]c3ccccc32)cc1N(C)C. The molecule has 1 heterocycles. The Bertz CT molecular complexity index is 827. The van der Waals surface area contributed by atoms with Gasteiger partial charge < -0.3 is 9.88 Å². The second kappa shape index (κ2) is 4.80. The van der Waals surface area contributed by atoms with Crippen molar-refractivity contribution < 1.29 is 0 Å². The topological polar surface area (TPSA) is 24.0 Å². The summed E-state index contributed by atoms with van der Waals surface area (Å²) in [5, 5.41) is 0.